The van der Waals surface area contributed by atoms with Crippen LogP contribution in [0.4, 0.5) is 11.5 Å². The standard InChI is InChI=1S/C26H29N7OS/c1-18-4-5-19(2)23(14-18)35-21-8-6-20(7-9-21)30-24(34)16-32-10-12-33(13-11-32)26-22-15-29-31(3)25(22)27-17-28-26/h4-9,14-15,17H,10-13,16H2,1-3H3,(H,30,34). The van der Waals surface area contributed by atoms with Crippen molar-refractivity contribution in [1.29, 1.82) is 0 Å². The molecule has 8 nitrogen and oxygen atoms in total. The highest BCUT2D eigenvalue weighted by molar-refractivity contribution is 7.99. The van der Waals surface area contributed by atoms with Gasteiger partial charge in [-0.25, -0.2) is 9.97 Å². The summed E-state index contributed by atoms with van der Waals surface area (Å²) in [5, 5.41) is 8.30. The number of hydrogen-bond acceptors (Lipinski definition) is 7. The number of piperazine rings is 1. The average molecular weight is 488 g/mol. The summed E-state index contributed by atoms with van der Waals surface area (Å²) in [4.78, 5) is 28.3. The molecule has 0 unspecified atom stereocenters. The van der Waals surface area contributed by atoms with Gasteiger partial charge in [0, 0.05) is 48.7 Å². The van der Waals surface area contributed by atoms with Gasteiger partial charge in [-0.3, -0.25) is 14.4 Å². The predicted molar refractivity (Wildman–Crippen MR) is 140 cm³/mol. The van der Waals surface area contributed by atoms with Crippen LogP contribution in [0.15, 0.2) is 64.8 Å². The Kier molecular flexibility index (Phi) is 6.70. The number of aromatic nitrogens is 4. The van der Waals surface area contributed by atoms with E-state index in [9.17, 15) is 4.79 Å². The number of carbonyl (C=O) groups excluding carboxylic acids is 1. The minimum atomic E-state index is 0.00469. The van der Waals surface area contributed by atoms with Crippen molar-refractivity contribution in [2.75, 3.05) is 42.9 Å². The molecule has 0 saturated carbocycles. The van der Waals surface area contributed by atoms with Gasteiger partial charge in [0.25, 0.3) is 0 Å². The second-order valence-corrected chi connectivity index (χ2v) is 10.0. The Morgan fingerprint density at radius 1 is 1.03 bits per heavy atom. The molecule has 0 bridgehead atoms. The Morgan fingerprint density at radius 3 is 2.57 bits per heavy atom. The zero-order chi connectivity index (χ0) is 24.4. The number of nitrogens with one attached hydrogen (secondary N) is 1. The molecule has 1 aliphatic rings. The van der Waals surface area contributed by atoms with E-state index in [2.05, 4.69) is 74.4 Å². The SMILES string of the molecule is Cc1ccc(C)c(Sc2ccc(NC(=O)CN3CCN(c4ncnc5c4cnn5C)CC3)cc2)c1. The maximum absolute atomic E-state index is 12.7. The molecule has 2 aromatic carbocycles. The molecular weight excluding hydrogens is 458 g/mol. The number of rotatable bonds is 6. The molecule has 9 heteroatoms. The third-order valence-electron chi connectivity index (χ3n) is 6.26. The Bertz CT molecular complexity index is 1340. The molecule has 4 aromatic rings. The molecule has 0 spiro atoms. The summed E-state index contributed by atoms with van der Waals surface area (Å²) in [7, 11) is 1.88. The monoisotopic (exact) mass is 487 g/mol. The fraction of sp³-hybridized carbons (Fsp3) is 0.308. The van der Waals surface area contributed by atoms with Crippen LogP contribution in [0, 0.1) is 13.8 Å². The van der Waals surface area contributed by atoms with Gasteiger partial charge in [0.2, 0.25) is 5.91 Å². The maximum atomic E-state index is 12.7. The van der Waals surface area contributed by atoms with Crippen molar-refractivity contribution >= 4 is 40.2 Å². The molecule has 1 saturated heterocycles. The molecule has 1 aliphatic heterocycles. The molecule has 2 aromatic heterocycles. The Labute approximate surface area is 209 Å². The number of carbonyl (C=O) groups is 1. The summed E-state index contributed by atoms with van der Waals surface area (Å²) in [5.41, 5.74) is 4.17. The number of nitrogens with zero attached hydrogens (tertiary/aromatic N) is 6. The molecule has 1 N–H and O–H groups in total. The first-order valence-corrected chi connectivity index (χ1v) is 12.5. The van der Waals surface area contributed by atoms with Crippen LogP contribution in [-0.2, 0) is 11.8 Å². The zero-order valence-electron chi connectivity index (χ0n) is 20.2. The number of aryl methyl sites for hydroxylation is 3. The largest absolute Gasteiger partial charge is 0.353 e. The van der Waals surface area contributed by atoms with E-state index in [1.165, 1.54) is 16.0 Å². The third kappa shape index (κ3) is 5.31. The second-order valence-electron chi connectivity index (χ2n) is 8.91. The van der Waals surface area contributed by atoms with Crippen molar-refractivity contribution in [3.8, 4) is 0 Å². The Morgan fingerprint density at radius 2 is 1.80 bits per heavy atom. The van der Waals surface area contributed by atoms with Crippen LogP contribution in [0.3, 0.4) is 0 Å². The molecule has 1 fully saturated rings. The lowest BCUT2D eigenvalue weighted by molar-refractivity contribution is -0.117. The van der Waals surface area contributed by atoms with Crippen molar-refractivity contribution in [3.63, 3.8) is 0 Å². The minimum absolute atomic E-state index is 0.00469. The molecule has 1 amide bonds. The molecule has 180 valence electrons. The van der Waals surface area contributed by atoms with Gasteiger partial charge in [-0.1, -0.05) is 23.9 Å². The van der Waals surface area contributed by atoms with Crippen molar-refractivity contribution in [3.05, 3.63) is 66.1 Å². The van der Waals surface area contributed by atoms with E-state index in [4.69, 9.17) is 0 Å². The molecule has 0 atom stereocenters. The zero-order valence-corrected chi connectivity index (χ0v) is 21.0. The van der Waals surface area contributed by atoms with Gasteiger partial charge in [-0.2, -0.15) is 5.10 Å². The first-order valence-electron chi connectivity index (χ1n) is 11.7. The quantitative estimate of drug-likeness (QED) is 0.442. The second kappa shape index (κ2) is 10.1. The smallest absolute Gasteiger partial charge is 0.238 e. The van der Waals surface area contributed by atoms with Gasteiger partial charge < -0.3 is 10.2 Å². The topological polar surface area (TPSA) is 79.2 Å². The lowest BCUT2D eigenvalue weighted by Crippen LogP contribution is -2.49. The van der Waals surface area contributed by atoms with Crippen molar-refractivity contribution in [1.82, 2.24) is 24.6 Å². The minimum Gasteiger partial charge on any atom is -0.353 e. The summed E-state index contributed by atoms with van der Waals surface area (Å²) in [6, 6.07) is 14.5. The first kappa shape index (κ1) is 23.3. The van der Waals surface area contributed by atoms with Gasteiger partial charge in [0.05, 0.1) is 18.1 Å². The summed E-state index contributed by atoms with van der Waals surface area (Å²) in [6.07, 6.45) is 3.40. The molecule has 0 aliphatic carbocycles. The summed E-state index contributed by atoms with van der Waals surface area (Å²) in [6.45, 7) is 7.81. The summed E-state index contributed by atoms with van der Waals surface area (Å²) < 4.78 is 1.76. The highest BCUT2D eigenvalue weighted by atomic mass is 32.2. The lowest BCUT2D eigenvalue weighted by atomic mass is 10.2. The highest BCUT2D eigenvalue weighted by Crippen LogP contribution is 2.31. The number of hydrogen-bond donors (Lipinski definition) is 1. The third-order valence-corrected chi connectivity index (χ3v) is 7.42. The fourth-order valence-electron chi connectivity index (χ4n) is 4.27. The van der Waals surface area contributed by atoms with Crippen molar-refractivity contribution < 1.29 is 4.79 Å². The maximum Gasteiger partial charge on any atom is 0.238 e. The van der Waals surface area contributed by atoms with Crippen LogP contribution in [-0.4, -0.2) is 63.3 Å². The van der Waals surface area contributed by atoms with Crippen LogP contribution in [0.5, 0.6) is 0 Å². The van der Waals surface area contributed by atoms with Crippen molar-refractivity contribution in [2.24, 2.45) is 7.05 Å². The van der Waals surface area contributed by atoms with E-state index in [-0.39, 0.29) is 5.91 Å². The molecule has 5 rings (SSSR count). The molecule has 35 heavy (non-hydrogen) atoms. The van der Waals surface area contributed by atoms with Crippen LogP contribution in [0.2, 0.25) is 0 Å². The Balaban J connectivity index is 1.13. The lowest BCUT2D eigenvalue weighted by Gasteiger charge is -2.35. The van der Waals surface area contributed by atoms with E-state index in [0.29, 0.717) is 6.54 Å². The van der Waals surface area contributed by atoms with E-state index < -0.39 is 0 Å². The first-order chi connectivity index (χ1) is 17.0. The van der Waals surface area contributed by atoms with Crippen LogP contribution in [0.25, 0.3) is 11.0 Å². The molecule has 3 heterocycles. The van der Waals surface area contributed by atoms with Gasteiger partial charge in [0.15, 0.2) is 5.65 Å². The normalized spacial score (nSPS) is 14.4. The molecular formula is C26H29N7OS. The Hall–Kier alpha value is -3.43. The van der Waals surface area contributed by atoms with Crippen LogP contribution >= 0.6 is 11.8 Å². The van der Waals surface area contributed by atoms with Gasteiger partial charge in [-0.15, -0.1) is 0 Å². The van der Waals surface area contributed by atoms with E-state index in [1.54, 1.807) is 22.8 Å². The predicted octanol–water partition coefficient (Wildman–Crippen LogP) is 3.89. The number of benzene rings is 2. The average Bonchev–Trinajstić information content (AvgIpc) is 3.24. The highest BCUT2D eigenvalue weighted by Gasteiger charge is 2.22. The van der Waals surface area contributed by atoms with Gasteiger partial charge in [0.1, 0.15) is 12.1 Å². The van der Waals surface area contributed by atoms with Gasteiger partial charge >= 0.3 is 0 Å². The van der Waals surface area contributed by atoms with Gasteiger partial charge in [-0.05, 0) is 55.3 Å². The van der Waals surface area contributed by atoms with Crippen LogP contribution < -0.4 is 10.2 Å². The number of fused-ring (bicyclic) bond motifs is 1. The van der Waals surface area contributed by atoms with E-state index >= 15 is 0 Å². The summed E-state index contributed by atoms with van der Waals surface area (Å²) >= 11 is 1.74. The number of amides is 1. The molecule has 0 radical (unpaired) electrons. The number of anilines is 2. The van der Waals surface area contributed by atoms with Crippen molar-refractivity contribution in [2.45, 2.75) is 23.6 Å². The van der Waals surface area contributed by atoms with E-state index in [1.807, 2.05) is 25.4 Å². The van der Waals surface area contributed by atoms with E-state index in [0.717, 1.165) is 53.6 Å². The summed E-state index contributed by atoms with van der Waals surface area (Å²) in [5.74, 6) is 0.913. The fourth-order valence-corrected chi connectivity index (χ4v) is 5.27. The van der Waals surface area contributed by atoms with Crippen LogP contribution in [0.1, 0.15) is 11.1 Å².